The molecule has 0 bridgehead atoms. The van der Waals surface area contributed by atoms with Gasteiger partial charge < -0.3 is 14.5 Å². The second-order valence-electron chi connectivity index (χ2n) is 8.34. The van der Waals surface area contributed by atoms with Crippen molar-refractivity contribution in [3.05, 3.63) is 35.3 Å². The fourth-order valence-corrected chi connectivity index (χ4v) is 3.82. The van der Waals surface area contributed by atoms with Crippen LogP contribution in [0, 0.1) is 6.92 Å². The molecule has 5 nitrogen and oxygen atoms in total. The van der Waals surface area contributed by atoms with Gasteiger partial charge in [0, 0.05) is 23.6 Å². The van der Waals surface area contributed by atoms with E-state index in [1.165, 1.54) is 5.69 Å². The fourth-order valence-electron chi connectivity index (χ4n) is 3.82. The van der Waals surface area contributed by atoms with Crippen LogP contribution in [-0.2, 0) is 11.2 Å². The van der Waals surface area contributed by atoms with E-state index < -0.39 is 0 Å². The van der Waals surface area contributed by atoms with Crippen molar-refractivity contribution < 1.29 is 9.53 Å². The molecule has 2 heterocycles. The SMILES string of the molecule is CCc1cc(C)nc2c(C(=O)N[C@H]3CC[C@H](OC(C)(C)C)CC3)ccn12. The van der Waals surface area contributed by atoms with Crippen molar-refractivity contribution in [1.29, 1.82) is 0 Å². The molecule has 1 amide bonds. The third-order valence-electron chi connectivity index (χ3n) is 4.96. The van der Waals surface area contributed by atoms with E-state index in [9.17, 15) is 4.79 Å². The van der Waals surface area contributed by atoms with Crippen molar-refractivity contribution >= 4 is 11.6 Å². The number of carbonyl (C=O) groups is 1. The number of fused-ring (bicyclic) bond motifs is 1. The highest BCUT2D eigenvalue weighted by Crippen LogP contribution is 2.25. The van der Waals surface area contributed by atoms with Gasteiger partial charge in [-0.05, 0) is 71.9 Å². The highest BCUT2D eigenvalue weighted by Gasteiger charge is 2.27. The van der Waals surface area contributed by atoms with E-state index in [2.05, 4.69) is 44.1 Å². The molecule has 2 aromatic rings. The molecular formula is C21H31N3O2. The van der Waals surface area contributed by atoms with Crippen LogP contribution in [0.4, 0.5) is 0 Å². The van der Waals surface area contributed by atoms with Crippen molar-refractivity contribution in [2.45, 2.75) is 84.5 Å². The minimum absolute atomic E-state index is 0.0205. The first-order valence-electron chi connectivity index (χ1n) is 9.73. The highest BCUT2D eigenvalue weighted by molar-refractivity contribution is 6.00. The van der Waals surface area contributed by atoms with Gasteiger partial charge in [0.2, 0.25) is 0 Å². The van der Waals surface area contributed by atoms with E-state index in [0.29, 0.717) is 11.7 Å². The Balaban J connectivity index is 1.66. The van der Waals surface area contributed by atoms with Crippen LogP contribution in [0.2, 0.25) is 0 Å². The van der Waals surface area contributed by atoms with Crippen LogP contribution in [0.3, 0.4) is 0 Å². The van der Waals surface area contributed by atoms with Gasteiger partial charge in [-0.3, -0.25) is 4.79 Å². The van der Waals surface area contributed by atoms with Gasteiger partial charge in [-0.2, -0.15) is 0 Å². The van der Waals surface area contributed by atoms with Crippen LogP contribution in [0.5, 0.6) is 0 Å². The molecule has 1 aliphatic carbocycles. The first-order valence-corrected chi connectivity index (χ1v) is 9.73. The molecule has 0 aliphatic heterocycles. The monoisotopic (exact) mass is 357 g/mol. The summed E-state index contributed by atoms with van der Waals surface area (Å²) in [4.78, 5) is 17.4. The normalized spacial score (nSPS) is 21.1. The Morgan fingerprint density at radius 1 is 1.31 bits per heavy atom. The Hall–Kier alpha value is -1.88. The first kappa shape index (κ1) is 18.9. The molecule has 26 heavy (non-hydrogen) atoms. The number of aromatic nitrogens is 2. The molecule has 1 N–H and O–H groups in total. The van der Waals surface area contributed by atoms with Crippen LogP contribution in [0.25, 0.3) is 5.65 Å². The molecule has 0 aromatic carbocycles. The zero-order valence-electron chi connectivity index (χ0n) is 16.6. The third-order valence-corrected chi connectivity index (χ3v) is 4.96. The Labute approximate surface area is 156 Å². The average Bonchev–Trinajstić information content (AvgIpc) is 2.98. The Morgan fingerprint density at radius 2 is 2.00 bits per heavy atom. The fraction of sp³-hybridized carbons (Fsp3) is 0.619. The molecule has 5 heteroatoms. The molecule has 2 aromatic heterocycles. The van der Waals surface area contributed by atoms with Crippen LogP contribution in [-0.4, -0.2) is 33.0 Å². The van der Waals surface area contributed by atoms with Crippen molar-refractivity contribution in [2.75, 3.05) is 0 Å². The number of hydrogen-bond donors (Lipinski definition) is 1. The summed E-state index contributed by atoms with van der Waals surface area (Å²) in [5.41, 5.74) is 3.43. The van der Waals surface area contributed by atoms with E-state index in [4.69, 9.17) is 4.74 Å². The van der Waals surface area contributed by atoms with E-state index >= 15 is 0 Å². The first-order chi connectivity index (χ1) is 12.3. The Morgan fingerprint density at radius 3 is 2.62 bits per heavy atom. The smallest absolute Gasteiger partial charge is 0.255 e. The number of nitrogens with one attached hydrogen (secondary N) is 1. The van der Waals surface area contributed by atoms with Crippen molar-refractivity contribution in [3.8, 4) is 0 Å². The maximum Gasteiger partial charge on any atom is 0.255 e. The molecule has 0 unspecified atom stereocenters. The van der Waals surface area contributed by atoms with Gasteiger partial charge in [-0.1, -0.05) is 6.92 Å². The zero-order chi connectivity index (χ0) is 18.9. The molecule has 1 aliphatic rings. The van der Waals surface area contributed by atoms with Gasteiger partial charge in [-0.15, -0.1) is 0 Å². The molecule has 0 radical (unpaired) electrons. The predicted octanol–water partition coefficient (Wildman–Crippen LogP) is 4.06. The van der Waals surface area contributed by atoms with Crippen molar-refractivity contribution in [1.82, 2.24) is 14.7 Å². The summed E-state index contributed by atoms with van der Waals surface area (Å²) in [7, 11) is 0. The summed E-state index contributed by atoms with van der Waals surface area (Å²) in [6.45, 7) is 10.4. The minimum Gasteiger partial charge on any atom is -0.373 e. The number of hydrogen-bond acceptors (Lipinski definition) is 3. The standard InChI is InChI=1S/C21H31N3O2/c1-6-16-13-14(2)22-19-18(11-12-24(16)19)20(25)23-15-7-9-17(10-8-15)26-21(3,4)5/h11-13,15,17H,6-10H2,1-5H3,(H,23,25)/t15-,17-. The molecule has 1 saturated carbocycles. The van der Waals surface area contributed by atoms with Gasteiger partial charge in [0.15, 0.2) is 0 Å². The average molecular weight is 357 g/mol. The topological polar surface area (TPSA) is 55.6 Å². The van der Waals surface area contributed by atoms with Gasteiger partial charge >= 0.3 is 0 Å². The number of rotatable bonds is 4. The number of amides is 1. The molecule has 142 valence electrons. The summed E-state index contributed by atoms with van der Waals surface area (Å²) in [5.74, 6) is -0.0205. The summed E-state index contributed by atoms with van der Waals surface area (Å²) in [5, 5.41) is 3.21. The third kappa shape index (κ3) is 4.26. The number of nitrogens with zero attached hydrogens (tertiary/aromatic N) is 2. The summed E-state index contributed by atoms with van der Waals surface area (Å²) in [6.07, 6.45) is 7.08. The van der Waals surface area contributed by atoms with Crippen molar-refractivity contribution in [2.24, 2.45) is 0 Å². The second-order valence-corrected chi connectivity index (χ2v) is 8.34. The maximum absolute atomic E-state index is 12.8. The Bertz CT molecular complexity index is 780. The summed E-state index contributed by atoms with van der Waals surface area (Å²) >= 11 is 0. The lowest BCUT2D eigenvalue weighted by Crippen LogP contribution is -2.40. The molecule has 0 saturated heterocycles. The molecular weight excluding hydrogens is 326 g/mol. The van der Waals surface area contributed by atoms with Gasteiger partial charge in [-0.25, -0.2) is 4.98 Å². The number of ether oxygens (including phenoxy) is 1. The summed E-state index contributed by atoms with van der Waals surface area (Å²) in [6, 6.07) is 4.17. The zero-order valence-corrected chi connectivity index (χ0v) is 16.6. The summed E-state index contributed by atoms with van der Waals surface area (Å²) < 4.78 is 8.10. The number of aryl methyl sites for hydroxylation is 2. The lowest BCUT2D eigenvalue weighted by molar-refractivity contribution is -0.0757. The lowest BCUT2D eigenvalue weighted by Gasteiger charge is -2.33. The van der Waals surface area contributed by atoms with Crippen molar-refractivity contribution in [3.63, 3.8) is 0 Å². The van der Waals surface area contributed by atoms with E-state index in [1.807, 2.05) is 23.6 Å². The highest BCUT2D eigenvalue weighted by atomic mass is 16.5. The minimum atomic E-state index is -0.104. The molecule has 0 spiro atoms. The molecule has 0 atom stereocenters. The van der Waals surface area contributed by atoms with Gasteiger partial charge in [0.25, 0.3) is 5.91 Å². The maximum atomic E-state index is 12.8. The van der Waals surface area contributed by atoms with Gasteiger partial charge in [0.05, 0.1) is 17.3 Å². The quantitative estimate of drug-likeness (QED) is 0.898. The van der Waals surface area contributed by atoms with Crippen LogP contribution in [0.15, 0.2) is 18.3 Å². The largest absolute Gasteiger partial charge is 0.373 e. The van der Waals surface area contributed by atoms with Crippen LogP contribution < -0.4 is 5.32 Å². The number of carbonyl (C=O) groups excluding carboxylic acids is 1. The van der Waals surface area contributed by atoms with E-state index in [0.717, 1.165) is 43.4 Å². The van der Waals surface area contributed by atoms with E-state index in [1.54, 1.807) is 0 Å². The van der Waals surface area contributed by atoms with Crippen LogP contribution in [0.1, 0.15) is 75.1 Å². The molecule has 3 rings (SSSR count). The predicted molar refractivity (Wildman–Crippen MR) is 104 cm³/mol. The Kier molecular flexibility index (Phi) is 5.37. The lowest BCUT2D eigenvalue weighted by atomic mass is 9.92. The van der Waals surface area contributed by atoms with Gasteiger partial charge in [0.1, 0.15) is 5.65 Å². The second kappa shape index (κ2) is 7.39. The van der Waals surface area contributed by atoms with Crippen LogP contribution >= 0.6 is 0 Å². The molecule has 1 fully saturated rings. The van der Waals surface area contributed by atoms with E-state index in [-0.39, 0.29) is 17.6 Å².